The largest absolute Gasteiger partial charge is 0.373 e. The minimum absolute atomic E-state index is 0.208. The molecule has 0 aliphatic rings. The van der Waals surface area contributed by atoms with E-state index in [-0.39, 0.29) is 5.91 Å². The summed E-state index contributed by atoms with van der Waals surface area (Å²) in [6, 6.07) is 1.63. The lowest BCUT2D eigenvalue weighted by Crippen LogP contribution is -2.26. The van der Waals surface area contributed by atoms with E-state index in [1.165, 1.54) is 6.20 Å². The van der Waals surface area contributed by atoms with Gasteiger partial charge in [0.1, 0.15) is 5.82 Å². The number of carbonyl (C=O) groups is 1. The van der Waals surface area contributed by atoms with Gasteiger partial charge in [-0.3, -0.25) is 4.79 Å². The van der Waals surface area contributed by atoms with Crippen LogP contribution in [0.25, 0.3) is 0 Å². The minimum Gasteiger partial charge on any atom is -0.373 e. The highest BCUT2D eigenvalue weighted by molar-refractivity contribution is 7.09. The second kappa shape index (κ2) is 6.67. The first-order valence-corrected chi connectivity index (χ1v) is 7.38. The van der Waals surface area contributed by atoms with E-state index in [2.05, 4.69) is 20.6 Å². The van der Waals surface area contributed by atoms with Crippen LogP contribution in [0.4, 0.5) is 5.82 Å². The molecule has 20 heavy (non-hydrogen) atoms. The van der Waals surface area contributed by atoms with Gasteiger partial charge in [0.15, 0.2) is 0 Å². The number of aryl methyl sites for hydroxylation is 1. The molecule has 0 atom stereocenters. The molecule has 2 aromatic rings. The standard InChI is InChI=1S/C13H15ClN4OS/c1-8-18-9(7-20-8)3-4-16-13(19)10-5-12(15-2)17-6-11(10)14/h5-7H,3-4H2,1-2H3,(H,15,17)(H,16,19). The molecule has 0 spiro atoms. The first-order chi connectivity index (χ1) is 9.60. The lowest BCUT2D eigenvalue weighted by molar-refractivity contribution is 0.0954. The van der Waals surface area contributed by atoms with Gasteiger partial charge in [-0.15, -0.1) is 11.3 Å². The second-order valence-corrected chi connectivity index (χ2v) is 5.63. The van der Waals surface area contributed by atoms with E-state index in [9.17, 15) is 4.79 Å². The number of pyridine rings is 1. The summed E-state index contributed by atoms with van der Waals surface area (Å²) in [5.41, 5.74) is 1.41. The van der Waals surface area contributed by atoms with Gasteiger partial charge >= 0.3 is 0 Å². The highest BCUT2D eigenvalue weighted by atomic mass is 35.5. The molecule has 0 fully saturated rings. The number of nitrogens with zero attached hydrogens (tertiary/aromatic N) is 2. The molecule has 5 nitrogen and oxygen atoms in total. The number of halogens is 1. The van der Waals surface area contributed by atoms with E-state index in [0.29, 0.717) is 29.4 Å². The van der Waals surface area contributed by atoms with Gasteiger partial charge in [0, 0.05) is 31.6 Å². The number of hydrogen-bond donors (Lipinski definition) is 2. The average Bonchev–Trinajstić information content (AvgIpc) is 2.85. The van der Waals surface area contributed by atoms with Gasteiger partial charge in [0.05, 0.1) is 21.3 Å². The number of rotatable bonds is 5. The van der Waals surface area contributed by atoms with Crippen LogP contribution >= 0.6 is 22.9 Å². The van der Waals surface area contributed by atoms with Gasteiger partial charge in [-0.2, -0.15) is 0 Å². The van der Waals surface area contributed by atoms with E-state index in [4.69, 9.17) is 11.6 Å². The zero-order valence-corrected chi connectivity index (χ0v) is 12.8. The highest BCUT2D eigenvalue weighted by Crippen LogP contribution is 2.17. The Morgan fingerprint density at radius 1 is 1.50 bits per heavy atom. The van der Waals surface area contributed by atoms with Gasteiger partial charge in [0.25, 0.3) is 5.91 Å². The third-order valence-corrected chi connectivity index (χ3v) is 3.81. The lowest BCUT2D eigenvalue weighted by atomic mass is 10.2. The van der Waals surface area contributed by atoms with Crippen LogP contribution in [0.15, 0.2) is 17.6 Å². The maximum absolute atomic E-state index is 12.1. The average molecular weight is 311 g/mol. The van der Waals surface area contributed by atoms with Crippen molar-refractivity contribution in [3.05, 3.63) is 38.9 Å². The molecule has 2 aromatic heterocycles. The molecule has 7 heteroatoms. The van der Waals surface area contributed by atoms with Crippen molar-refractivity contribution in [3.8, 4) is 0 Å². The van der Waals surface area contributed by atoms with Crippen LogP contribution in [0, 0.1) is 6.92 Å². The van der Waals surface area contributed by atoms with Crippen molar-refractivity contribution in [2.75, 3.05) is 18.9 Å². The number of hydrogen-bond acceptors (Lipinski definition) is 5. The Morgan fingerprint density at radius 3 is 2.95 bits per heavy atom. The molecule has 0 unspecified atom stereocenters. The monoisotopic (exact) mass is 310 g/mol. The zero-order valence-electron chi connectivity index (χ0n) is 11.2. The molecule has 106 valence electrons. The van der Waals surface area contributed by atoms with Gasteiger partial charge in [-0.1, -0.05) is 11.6 Å². The molecule has 0 bridgehead atoms. The molecular formula is C13H15ClN4OS. The molecule has 2 heterocycles. The highest BCUT2D eigenvalue weighted by Gasteiger charge is 2.11. The number of nitrogens with one attached hydrogen (secondary N) is 2. The van der Waals surface area contributed by atoms with Gasteiger partial charge in [-0.05, 0) is 13.0 Å². The van der Waals surface area contributed by atoms with Crippen molar-refractivity contribution in [2.45, 2.75) is 13.3 Å². The Morgan fingerprint density at radius 2 is 2.30 bits per heavy atom. The van der Waals surface area contributed by atoms with Crippen LogP contribution < -0.4 is 10.6 Å². The number of anilines is 1. The summed E-state index contributed by atoms with van der Waals surface area (Å²) < 4.78 is 0. The summed E-state index contributed by atoms with van der Waals surface area (Å²) in [7, 11) is 1.74. The molecular weight excluding hydrogens is 296 g/mol. The topological polar surface area (TPSA) is 66.9 Å². The summed E-state index contributed by atoms with van der Waals surface area (Å²) in [5.74, 6) is 0.399. The van der Waals surface area contributed by atoms with Crippen molar-refractivity contribution in [2.24, 2.45) is 0 Å². The predicted molar refractivity (Wildman–Crippen MR) is 81.7 cm³/mol. The van der Waals surface area contributed by atoms with E-state index in [1.807, 2.05) is 12.3 Å². The van der Waals surface area contributed by atoms with Crippen molar-refractivity contribution >= 4 is 34.7 Å². The normalized spacial score (nSPS) is 10.3. The summed E-state index contributed by atoms with van der Waals surface area (Å²) in [5, 5.41) is 9.08. The molecule has 0 saturated carbocycles. The number of aromatic nitrogens is 2. The maximum atomic E-state index is 12.1. The summed E-state index contributed by atoms with van der Waals surface area (Å²) in [4.78, 5) is 20.4. The zero-order chi connectivity index (χ0) is 14.5. The van der Waals surface area contributed by atoms with E-state index in [0.717, 1.165) is 10.7 Å². The molecule has 0 aromatic carbocycles. The smallest absolute Gasteiger partial charge is 0.253 e. The van der Waals surface area contributed by atoms with Crippen molar-refractivity contribution < 1.29 is 4.79 Å². The Labute approximate surface area is 126 Å². The Bertz CT molecular complexity index is 614. The fraction of sp³-hybridized carbons (Fsp3) is 0.308. The summed E-state index contributed by atoms with van der Waals surface area (Å²) >= 11 is 7.59. The molecule has 0 saturated heterocycles. The molecule has 0 aliphatic carbocycles. The number of amides is 1. The first kappa shape index (κ1) is 14.7. The minimum atomic E-state index is -0.208. The van der Waals surface area contributed by atoms with Crippen LogP contribution in [0.2, 0.25) is 5.02 Å². The molecule has 2 N–H and O–H groups in total. The van der Waals surface area contributed by atoms with Crippen LogP contribution in [-0.4, -0.2) is 29.5 Å². The predicted octanol–water partition coefficient (Wildman–Crippen LogP) is 2.51. The van der Waals surface area contributed by atoms with E-state index < -0.39 is 0 Å². The Balaban J connectivity index is 1.94. The molecule has 2 rings (SSSR count). The van der Waals surface area contributed by atoms with Gasteiger partial charge in [-0.25, -0.2) is 9.97 Å². The van der Waals surface area contributed by atoms with Crippen LogP contribution in [0.1, 0.15) is 21.1 Å². The van der Waals surface area contributed by atoms with Gasteiger partial charge in [0.2, 0.25) is 0 Å². The van der Waals surface area contributed by atoms with E-state index >= 15 is 0 Å². The van der Waals surface area contributed by atoms with E-state index in [1.54, 1.807) is 24.5 Å². The maximum Gasteiger partial charge on any atom is 0.253 e. The molecule has 0 radical (unpaired) electrons. The van der Waals surface area contributed by atoms with Crippen molar-refractivity contribution in [1.82, 2.24) is 15.3 Å². The molecule has 0 aliphatic heterocycles. The van der Waals surface area contributed by atoms with Crippen molar-refractivity contribution in [1.29, 1.82) is 0 Å². The third kappa shape index (κ3) is 3.68. The summed E-state index contributed by atoms with van der Waals surface area (Å²) in [6.45, 7) is 2.48. The Hall–Kier alpha value is -1.66. The fourth-order valence-electron chi connectivity index (χ4n) is 1.67. The van der Waals surface area contributed by atoms with Crippen molar-refractivity contribution in [3.63, 3.8) is 0 Å². The summed E-state index contributed by atoms with van der Waals surface area (Å²) in [6.07, 6.45) is 2.17. The van der Waals surface area contributed by atoms with Crippen LogP contribution in [-0.2, 0) is 6.42 Å². The Kier molecular flexibility index (Phi) is 4.92. The quantitative estimate of drug-likeness (QED) is 0.890. The second-order valence-electron chi connectivity index (χ2n) is 4.16. The SMILES string of the molecule is CNc1cc(C(=O)NCCc2csc(C)n2)c(Cl)cn1. The fourth-order valence-corrected chi connectivity index (χ4v) is 2.51. The first-order valence-electron chi connectivity index (χ1n) is 6.12. The van der Waals surface area contributed by atoms with Crippen LogP contribution in [0.5, 0.6) is 0 Å². The lowest BCUT2D eigenvalue weighted by Gasteiger charge is -2.07. The third-order valence-electron chi connectivity index (χ3n) is 2.69. The number of carbonyl (C=O) groups excluding carboxylic acids is 1. The van der Waals surface area contributed by atoms with Gasteiger partial charge < -0.3 is 10.6 Å². The molecule has 1 amide bonds. The number of thiazole rings is 1. The van der Waals surface area contributed by atoms with Crippen LogP contribution in [0.3, 0.4) is 0 Å².